The Hall–Kier alpha value is -3.79. The van der Waals surface area contributed by atoms with Crippen LogP contribution in [0.5, 0.6) is 5.75 Å². The second-order valence-corrected chi connectivity index (χ2v) is 6.82. The van der Waals surface area contributed by atoms with Gasteiger partial charge in [0.05, 0.1) is 35.8 Å². The molecule has 0 saturated heterocycles. The third kappa shape index (κ3) is 4.38. The largest absolute Gasteiger partial charge is 0.489 e. The predicted octanol–water partition coefficient (Wildman–Crippen LogP) is 3.05. The minimum absolute atomic E-state index is 0.257. The third-order valence-corrected chi connectivity index (χ3v) is 4.66. The van der Waals surface area contributed by atoms with E-state index >= 15 is 0 Å². The second kappa shape index (κ2) is 8.92. The Labute approximate surface area is 176 Å². The molecule has 10 heteroatoms. The van der Waals surface area contributed by atoms with Crippen LogP contribution >= 0.6 is 0 Å². The second-order valence-electron chi connectivity index (χ2n) is 6.82. The van der Waals surface area contributed by atoms with Gasteiger partial charge in [0.25, 0.3) is 5.56 Å². The zero-order valence-electron chi connectivity index (χ0n) is 17.0. The number of ether oxygens (including phenoxy) is 2. The number of methoxy groups -OCH3 is 1. The highest BCUT2D eigenvalue weighted by Crippen LogP contribution is 2.32. The van der Waals surface area contributed by atoms with Crippen molar-refractivity contribution in [2.24, 2.45) is 0 Å². The first kappa shape index (κ1) is 20.5. The minimum atomic E-state index is -0.402. The summed E-state index contributed by atoms with van der Waals surface area (Å²) in [6, 6.07) is 7.83. The van der Waals surface area contributed by atoms with Gasteiger partial charge in [0.15, 0.2) is 11.3 Å². The molecule has 0 radical (unpaired) electrons. The molecular weight excluding hydrogens is 403 g/mol. The maximum Gasteiger partial charge on any atom is 0.257 e. The molecule has 1 atom stereocenters. The zero-order chi connectivity index (χ0) is 21.8. The lowest BCUT2D eigenvalue weighted by Gasteiger charge is -2.15. The molecule has 0 aliphatic carbocycles. The van der Waals surface area contributed by atoms with E-state index in [-0.39, 0.29) is 11.6 Å². The first-order chi connectivity index (χ1) is 15.1. The molecule has 9 nitrogen and oxygen atoms in total. The fourth-order valence-corrected chi connectivity index (χ4v) is 3.13. The van der Waals surface area contributed by atoms with E-state index in [1.54, 1.807) is 37.6 Å². The van der Waals surface area contributed by atoms with Gasteiger partial charge in [-0.1, -0.05) is 0 Å². The van der Waals surface area contributed by atoms with E-state index in [0.717, 1.165) is 0 Å². The van der Waals surface area contributed by atoms with E-state index in [0.29, 0.717) is 52.8 Å². The van der Waals surface area contributed by atoms with Crippen LogP contribution in [0.25, 0.3) is 22.3 Å². The van der Waals surface area contributed by atoms with Gasteiger partial charge in [-0.05, 0) is 31.2 Å². The van der Waals surface area contributed by atoms with E-state index < -0.39 is 5.82 Å². The Morgan fingerprint density at radius 1 is 1.23 bits per heavy atom. The predicted molar refractivity (Wildman–Crippen MR) is 114 cm³/mol. The van der Waals surface area contributed by atoms with Crippen molar-refractivity contribution in [1.29, 1.82) is 0 Å². The summed E-state index contributed by atoms with van der Waals surface area (Å²) in [5, 5.41) is 10.5. The molecule has 160 valence electrons. The van der Waals surface area contributed by atoms with Gasteiger partial charge in [0.1, 0.15) is 23.8 Å². The van der Waals surface area contributed by atoms with E-state index in [9.17, 15) is 9.18 Å². The van der Waals surface area contributed by atoms with Crippen LogP contribution in [0.3, 0.4) is 0 Å². The molecule has 0 saturated carbocycles. The van der Waals surface area contributed by atoms with Crippen molar-refractivity contribution in [3.05, 3.63) is 64.6 Å². The van der Waals surface area contributed by atoms with Crippen LogP contribution in [-0.4, -0.2) is 45.5 Å². The fourth-order valence-electron chi connectivity index (χ4n) is 3.13. The maximum absolute atomic E-state index is 13.2. The number of aromatic nitrogens is 5. The number of hydrogen-bond donors (Lipinski definition) is 3. The number of hydrogen-bond acceptors (Lipinski definition) is 7. The average molecular weight is 424 g/mol. The quantitative estimate of drug-likeness (QED) is 0.372. The molecule has 4 aromatic rings. The maximum atomic E-state index is 13.2. The third-order valence-electron chi connectivity index (χ3n) is 4.66. The number of halogens is 1. The highest BCUT2D eigenvalue weighted by atomic mass is 19.1. The molecule has 0 aliphatic heterocycles. The number of pyridine rings is 3. The first-order valence-corrected chi connectivity index (χ1v) is 9.63. The van der Waals surface area contributed by atoms with Gasteiger partial charge in [0.2, 0.25) is 0 Å². The van der Waals surface area contributed by atoms with E-state index in [2.05, 4.69) is 30.5 Å². The Morgan fingerprint density at radius 2 is 2.10 bits per heavy atom. The fraction of sp³-hybridized carbons (Fsp3) is 0.238. The molecule has 31 heavy (non-hydrogen) atoms. The van der Waals surface area contributed by atoms with Crippen molar-refractivity contribution in [3.8, 4) is 17.0 Å². The monoisotopic (exact) mass is 424 g/mol. The van der Waals surface area contributed by atoms with Crippen LogP contribution in [0, 0.1) is 5.82 Å². The molecule has 0 bridgehead atoms. The number of rotatable bonds is 8. The lowest BCUT2D eigenvalue weighted by atomic mass is 10.1. The minimum Gasteiger partial charge on any atom is -0.489 e. The Balaban J connectivity index is 1.75. The molecule has 4 rings (SSSR count). The lowest BCUT2D eigenvalue weighted by molar-refractivity contribution is 0.147. The van der Waals surface area contributed by atoms with Crippen molar-refractivity contribution in [2.45, 2.75) is 13.0 Å². The van der Waals surface area contributed by atoms with E-state index in [4.69, 9.17) is 9.47 Å². The van der Waals surface area contributed by atoms with Crippen LogP contribution < -0.4 is 15.6 Å². The van der Waals surface area contributed by atoms with Gasteiger partial charge in [-0.15, -0.1) is 0 Å². The molecule has 3 N–H and O–H groups in total. The van der Waals surface area contributed by atoms with Crippen molar-refractivity contribution in [2.75, 3.05) is 25.6 Å². The molecule has 0 spiro atoms. The molecule has 4 aromatic heterocycles. The van der Waals surface area contributed by atoms with E-state index in [1.807, 2.05) is 6.92 Å². The van der Waals surface area contributed by atoms with Gasteiger partial charge in [0, 0.05) is 19.4 Å². The number of nitrogens with one attached hydrogen (secondary N) is 3. The number of fused-ring (bicyclic) bond motifs is 1. The Morgan fingerprint density at radius 3 is 2.84 bits per heavy atom. The SMILES string of the molecule is COCCOc1cc(N[C@@H](C)c2ccc(F)cn2)nc2c(-c3ccc[nH]c3=O)[nH]nc12. The van der Waals surface area contributed by atoms with Crippen LogP contribution in [0.15, 0.2) is 47.5 Å². The number of H-pyrrole nitrogens is 2. The van der Waals surface area contributed by atoms with Crippen LogP contribution in [0.1, 0.15) is 18.7 Å². The lowest BCUT2D eigenvalue weighted by Crippen LogP contribution is -2.11. The molecule has 0 aliphatic rings. The summed E-state index contributed by atoms with van der Waals surface area (Å²) in [7, 11) is 1.59. The Bertz CT molecular complexity index is 1240. The first-order valence-electron chi connectivity index (χ1n) is 9.63. The number of anilines is 1. The van der Waals surface area contributed by atoms with Gasteiger partial charge in [-0.2, -0.15) is 5.10 Å². The van der Waals surface area contributed by atoms with Crippen LogP contribution in [-0.2, 0) is 4.74 Å². The average Bonchev–Trinajstić information content (AvgIpc) is 3.18. The summed E-state index contributed by atoms with van der Waals surface area (Å²) in [6.45, 7) is 2.60. The summed E-state index contributed by atoms with van der Waals surface area (Å²) in [6.07, 6.45) is 2.72. The van der Waals surface area contributed by atoms with E-state index in [1.165, 1.54) is 12.3 Å². The molecular formula is C21H21FN6O3. The number of aromatic amines is 2. The number of nitrogens with zero attached hydrogens (tertiary/aromatic N) is 3. The highest BCUT2D eigenvalue weighted by Gasteiger charge is 2.18. The molecule has 4 heterocycles. The zero-order valence-corrected chi connectivity index (χ0v) is 17.0. The summed E-state index contributed by atoms with van der Waals surface area (Å²) < 4.78 is 24.1. The molecule has 0 unspecified atom stereocenters. The summed E-state index contributed by atoms with van der Waals surface area (Å²) >= 11 is 0. The molecule has 0 fully saturated rings. The van der Waals surface area contributed by atoms with Gasteiger partial charge >= 0.3 is 0 Å². The molecule has 0 amide bonds. The summed E-state index contributed by atoms with van der Waals surface area (Å²) in [5.74, 6) is 0.577. The Kier molecular flexibility index (Phi) is 5.89. The summed E-state index contributed by atoms with van der Waals surface area (Å²) in [4.78, 5) is 23.7. The summed E-state index contributed by atoms with van der Waals surface area (Å²) in [5.41, 5.74) is 2.24. The van der Waals surface area contributed by atoms with Gasteiger partial charge in [-0.3, -0.25) is 14.9 Å². The van der Waals surface area contributed by atoms with Crippen molar-refractivity contribution in [3.63, 3.8) is 0 Å². The van der Waals surface area contributed by atoms with Crippen LogP contribution in [0.4, 0.5) is 10.2 Å². The topological polar surface area (TPSA) is 118 Å². The van der Waals surface area contributed by atoms with Crippen molar-refractivity contribution in [1.82, 2.24) is 25.1 Å². The van der Waals surface area contributed by atoms with Crippen molar-refractivity contribution >= 4 is 16.9 Å². The van der Waals surface area contributed by atoms with Gasteiger partial charge in [-0.25, -0.2) is 9.37 Å². The standard InChI is InChI=1S/C21H21FN6O3/c1-12(15-6-5-13(22)11-24-15)25-17-10-16(31-9-8-30-2)19-20(26-17)18(27-28-19)14-4-3-7-23-21(14)29/h3-7,10-12H,8-9H2,1-2H3,(H,23,29)(H,25,26)(H,27,28)/t12-/m0/s1. The van der Waals surface area contributed by atoms with Crippen LogP contribution in [0.2, 0.25) is 0 Å². The molecule has 0 aromatic carbocycles. The highest BCUT2D eigenvalue weighted by molar-refractivity contribution is 5.94. The normalized spacial score (nSPS) is 12.1. The van der Waals surface area contributed by atoms with Gasteiger partial charge < -0.3 is 19.8 Å². The van der Waals surface area contributed by atoms with Crippen molar-refractivity contribution < 1.29 is 13.9 Å². The smallest absolute Gasteiger partial charge is 0.257 e.